The van der Waals surface area contributed by atoms with E-state index in [0.717, 1.165) is 25.2 Å². The topological polar surface area (TPSA) is 47.3 Å². The van der Waals surface area contributed by atoms with Crippen LogP contribution >= 0.6 is 0 Å². The van der Waals surface area contributed by atoms with Gasteiger partial charge in [0.1, 0.15) is 0 Å². The van der Waals surface area contributed by atoms with Gasteiger partial charge in [-0.25, -0.2) is 0 Å². The third-order valence-corrected chi connectivity index (χ3v) is 4.66. The molecule has 0 saturated carbocycles. The monoisotopic (exact) mass is 303 g/mol. The first kappa shape index (κ1) is 13.8. The van der Waals surface area contributed by atoms with Crippen LogP contribution in [0.1, 0.15) is 27.9 Å². The van der Waals surface area contributed by atoms with Gasteiger partial charge >= 0.3 is 0 Å². The van der Waals surface area contributed by atoms with Crippen LogP contribution in [0, 0.1) is 11.3 Å². The summed E-state index contributed by atoms with van der Waals surface area (Å²) in [5.74, 6) is -0.0271. The number of amides is 1. The zero-order valence-corrected chi connectivity index (χ0v) is 12.8. The Morgan fingerprint density at radius 2 is 1.96 bits per heavy atom. The summed E-state index contributed by atoms with van der Waals surface area (Å²) in [6.45, 7) is 2.62. The maximum absolute atomic E-state index is 13.0. The highest BCUT2D eigenvalue weighted by Gasteiger charge is 2.30. The molecular formula is C19H17N3O. The lowest BCUT2D eigenvalue weighted by atomic mass is 9.97. The Kier molecular flexibility index (Phi) is 3.27. The van der Waals surface area contributed by atoms with E-state index in [0.29, 0.717) is 17.7 Å². The van der Waals surface area contributed by atoms with Gasteiger partial charge in [0.2, 0.25) is 0 Å². The molecule has 23 heavy (non-hydrogen) atoms. The van der Waals surface area contributed by atoms with Gasteiger partial charge in [0.05, 0.1) is 23.0 Å². The van der Waals surface area contributed by atoms with Crippen LogP contribution in [0.5, 0.6) is 0 Å². The van der Waals surface area contributed by atoms with E-state index in [1.165, 1.54) is 17.7 Å². The Bertz CT molecular complexity index is 822. The first-order valence-corrected chi connectivity index (χ1v) is 7.97. The molecule has 4 heteroatoms. The van der Waals surface area contributed by atoms with Crippen molar-refractivity contribution in [2.45, 2.75) is 12.8 Å². The summed E-state index contributed by atoms with van der Waals surface area (Å²) in [6, 6.07) is 15.3. The summed E-state index contributed by atoms with van der Waals surface area (Å²) >= 11 is 0. The van der Waals surface area contributed by atoms with Crippen molar-refractivity contribution in [1.29, 1.82) is 5.26 Å². The SMILES string of the molecule is N#Cc1cccc(C(=O)N2CCN3CCCc4cccc2c43)c1. The van der Waals surface area contributed by atoms with E-state index < -0.39 is 0 Å². The molecule has 0 aromatic heterocycles. The average Bonchev–Trinajstić information content (AvgIpc) is 2.62. The van der Waals surface area contributed by atoms with E-state index >= 15 is 0 Å². The second-order valence-corrected chi connectivity index (χ2v) is 6.02. The fraction of sp³-hybridized carbons (Fsp3) is 0.263. The lowest BCUT2D eigenvalue weighted by Gasteiger charge is -2.41. The smallest absolute Gasteiger partial charge is 0.258 e. The van der Waals surface area contributed by atoms with Crippen molar-refractivity contribution in [2.75, 3.05) is 29.4 Å². The molecule has 0 atom stereocenters. The van der Waals surface area contributed by atoms with Gasteiger partial charge in [0, 0.05) is 25.2 Å². The Balaban J connectivity index is 1.76. The van der Waals surface area contributed by atoms with Crippen molar-refractivity contribution >= 4 is 17.3 Å². The minimum Gasteiger partial charge on any atom is -0.368 e. The van der Waals surface area contributed by atoms with Crippen molar-refractivity contribution < 1.29 is 4.79 Å². The molecule has 114 valence electrons. The van der Waals surface area contributed by atoms with E-state index in [9.17, 15) is 4.79 Å². The van der Waals surface area contributed by atoms with Gasteiger partial charge in [-0.1, -0.05) is 18.2 Å². The van der Waals surface area contributed by atoms with E-state index in [-0.39, 0.29) is 5.91 Å². The predicted octanol–water partition coefficient (Wildman–Crippen LogP) is 2.97. The molecule has 2 aromatic rings. The Hall–Kier alpha value is -2.80. The average molecular weight is 303 g/mol. The van der Waals surface area contributed by atoms with Crippen LogP contribution in [-0.4, -0.2) is 25.5 Å². The Labute approximate surface area is 135 Å². The number of aryl methyl sites for hydroxylation is 1. The number of hydrogen-bond acceptors (Lipinski definition) is 3. The van der Waals surface area contributed by atoms with Gasteiger partial charge < -0.3 is 9.80 Å². The number of hydrogen-bond donors (Lipinski definition) is 0. The summed E-state index contributed by atoms with van der Waals surface area (Å²) in [6.07, 6.45) is 2.25. The maximum atomic E-state index is 13.0. The molecular weight excluding hydrogens is 286 g/mol. The zero-order valence-electron chi connectivity index (χ0n) is 12.8. The Morgan fingerprint density at radius 3 is 2.83 bits per heavy atom. The highest BCUT2D eigenvalue weighted by Crippen LogP contribution is 2.39. The molecule has 0 aliphatic carbocycles. The second-order valence-electron chi connectivity index (χ2n) is 6.02. The lowest BCUT2D eigenvalue weighted by Crippen LogP contribution is -2.46. The van der Waals surface area contributed by atoms with Gasteiger partial charge in [-0.15, -0.1) is 0 Å². The molecule has 4 rings (SSSR count). The predicted molar refractivity (Wildman–Crippen MR) is 89.8 cm³/mol. The van der Waals surface area contributed by atoms with E-state index in [2.05, 4.69) is 17.0 Å². The number of benzene rings is 2. The molecule has 0 saturated heterocycles. The van der Waals surface area contributed by atoms with Crippen LogP contribution < -0.4 is 9.80 Å². The van der Waals surface area contributed by atoms with Crippen molar-refractivity contribution in [3.05, 3.63) is 59.2 Å². The van der Waals surface area contributed by atoms with E-state index in [1.54, 1.807) is 24.3 Å². The molecule has 2 aliphatic rings. The molecule has 2 aliphatic heterocycles. The van der Waals surface area contributed by atoms with E-state index in [1.807, 2.05) is 17.0 Å². The maximum Gasteiger partial charge on any atom is 0.258 e. The number of carbonyl (C=O) groups excluding carboxylic acids is 1. The molecule has 4 nitrogen and oxygen atoms in total. The Morgan fingerprint density at radius 1 is 1.09 bits per heavy atom. The first-order chi connectivity index (χ1) is 11.3. The standard InChI is InChI=1S/C19H17N3O/c20-13-14-4-1-6-16(12-14)19(23)22-11-10-21-9-3-7-15-5-2-8-17(22)18(15)21/h1-2,4-6,8,12H,3,7,9-11H2. The van der Waals surface area contributed by atoms with Crippen LogP contribution in [0.3, 0.4) is 0 Å². The summed E-state index contributed by atoms with van der Waals surface area (Å²) in [5, 5.41) is 9.04. The molecule has 2 heterocycles. The van der Waals surface area contributed by atoms with Gasteiger partial charge in [-0.3, -0.25) is 4.79 Å². The van der Waals surface area contributed by atoms with Crippen molar-refractivity contribution in [1.82, 2.24) is 0 Å². The van der Waals surface area contributed by atoms with Gasteiger partial charge in [0.15, 0.2) is 0 Å². The molecule has 1 amide bonds. The normalized spacial score (nSPS) is 15.8. The van der Waals surface area contributed by atoms with Crippen LogP contribution in [0.15, 0.2) is 42.5 Å². The number of nitrogens with zero attached hydrogens (tertiary/aromatic N) is 3. The molecule has 0 fully saturated rings. The van der Waals surface area contributed by atoms with E-state index in [4.69, 9.17) is 5.26 Å². The van der Waals surface area contributed by atoms with Crippen molar-refractivity contribution in [3.8, 4) is 6.07 Å². The highest BCUT2D eigenvalue weighted by atomic mass is 16.2. The quantitative estimate of drug-likeness (QED) is 0.813. The third-order valence-electron chi connectivity index (χ3n) is 4.66. The van der Waals surface area contributed by atoms with Gasteiger partial charge in [-0.05, 0) is 42.7 Å². The van der Waals surface area contributed by atoms with Crippen LogP contribution in [0.25, 0.3) is 0 Å². The number of carbonyl (C=O) groups is 1. The second kappa shape index (κ2) is 5.44. The highest BCUT2D eigenvalue weighted by molar-refractivity contribution is 6.08. The molecule has 0 bridgehead atoms. The number of rotatable bonds is 1. The van der Waals surface area contributed by atoms with Gasteiger partial charge in [0.25, 0.3) is 5.91 Å². The number of anilines is 2. The minimum atomic E-state index is -0.0271. The summed E-state index contributed by atoms with van der Waals surface area (Å²) < 4.78 is 0. The lowest BCUT2D eigenvalue weighted by molar-refractivity contribution is 0.0986. The zero-order chi connectivity index (χ0) is 15.8. The fourth-order valence-corrected chi connectivity index (χ4v) is 3.59. The first-order valence-electron chi connectivity index (χ1n) is 7.97. The number of nitriles is 1. The largest absolute Gasteiger partial charge is 0.368 e. The minimum absolute atomic E-state index is 0.0271. The molecule has 0 unspecified atom stereocenters. The fourth-order valence-electron chi connectivity index (χ4n) is 3.59. The van der Waals surface area contributed by atoms with Crippen molar-refractivity contribution in [2.24, 2.45) is 0 Å². The van der Waals surface area contributed by atoms with Crippen molar-refractivity contribution in [3.63, 3.8) is 0 Å². The summed E-state index contributed by atoms with van der Waals surface area (Å²) in [5.41, 5.74) is 4.64. The molecule has 2 aromatic carbocycles. The summed E-state index contributed by atoms with van der Waals surface area (Å²) in [4.78, 5) is 17.2. The molecule has 0 spiro atoms. The third kappa shape index (κ3) is 2.25. The van der Waals surface area contributed by atoms with Crippen LogP contribution in [0.4, 0.5) is 11.4 Å². The molecule has 0 N–H and O–H groups in total. The molecule has 0 radical (unpaired) electrons. The van der Waals surface area contributed by atoms with Crippen LogP contribution in [-0.2, 0) is 6.42 Å². The summed E-state index contributed by atoms with van der Waals surface area (Å²) in [7, 11) is 0. The van der Waals surface area contributed by atoms with Crippen LogP contribution in [0.2, 0.25) is 0 Å². The van der Waals surface area contributed by atoms with Gasteiger partial charge in [-0.2, -0.15) is 5.26 Å². The number of para-hydroxylation sites is 1.